The predicted octanol–water partition coefficient (Wildman–Crippen LogP) is 1.98. The maximum Gasteiger partial charge on any atom is 0.419 e. The SMILES string of the molecule is Nc1ccn2ncc(C(=O)Nc3ccncc3C(F)(F)F)c2n1. The minimum Gasteiger partial charge on any atom is -0.384 e. The maximum atomic E-state index is 12.9. The normalized spacial score (nSPS) is 11.6. The molecule has 0 bridgehead atoms. The van der Waals surface area contributed by atoms with E-state index in [1.807, 2.05) is 0 Å². The molecule has 0 spiro atoms. The Morgan fingerprint density at radius 2 is 2.04 bits per heavy atom. The number of fused-ring (bicyclic) bond motifs is 1. The van der Waals surface area contributed by atoms with Crippen molar-refractivity contribution in [1.82, 2.24) is 19.6 Å². The Labute approximate surface area is 127 Å². The van der Waals surface area contributed by atoms with Crippen molar-refractivity contribution in [3.05, 3.63) is 48.0 Å². The summed E-state index contributed by atoms with van der Waals surface area (Å²) >= 11 is 0. The third kappa shape index (κ3) is 2.78. The van der Waals surface area contributed by atoms with Crippen LogP contribution in [0.5, 0.6) is 0 Å². The van der Waals surface area contributed by atoms with Crippen LogP contribution < -0.4 is 11.1 Å². The molecule has 3 aromatic heterocycles. The summed E-state index contributed by atoms with van der Waals surface area (Å²) in [6.45, 7) is 0. The Morgan fingerprint density at radius 3 is 2.78 bits per heavy atom. The number of rotatable bonds is 2. The fourth-order valence-corrected chi connectivity index (χ4v) is 1.96. The lowest BCUT2D eigenvalue weighted by atomic mass is 10.2. The van der Waals surface area contributed by atoms with Crippen LogP contribution in [0.25, 0.3) is 5.65 Å². The first-order chi connectivity index (χ1) is 10.9. The second-order valence-corrected chi connectivity index (χ2v) is 4.55. The average molecular weight is 322 g/mol. The van der Waals surface area contributed by atoms with Crippen LogP contribution in [0.4, 0.5) is 24.7 Å². The van der Waals surface area contributed by atoms with Gasteiger partial charge in [-0.15, -0.1) is 0 Å². The van der Waals surface area contributed by atoms with E-state index in [-0.39, 0.29) is 17.0 Å². The summed E-state index contributed by atoms with van der Waals surface area (Å²) in [4.78, 5) is 19.6. The lowest BCUT2D eigenvalue weighted by molar-refractivity contribution is -0.137. The lowest BCUT2D eigenvalue weighted by Crippen LogP contribution is -2.17. The van der Waals surface area contributed by atoms with Crippen LogP contribution in [0.15, 0.2) is 36.9 Å². The van der Waals surface area contributed by atoms with Crippen LogP contribution in [0.3, 0.4) is 0 Å². The number of hydrogen-bond donors (Lipinski definition) is 2. The van der Waals surface area contributed by atoms with Crippen LogP contribution >= 0.6 is 0 Å². The van der Waals surface area contributed by atoms with Crippen molar-refractivity contribution in [1.29, 1.82) is 0 Å². The Kier molecular flexibility index (Phi) is 3.36. The first-order valence-corrected chi connectivity index (χ1v) is 6.28. The Balaban J connectivity index is 1.98. The highest BCUT2D eigenvalue weighted by atomic mass is 19.4. The summed E-state index contributed by atoms with van der Waals surface area (Å²) in [5, 5.41) is 6.09. The molecule has 0 fully saturated rings. The number of nitrogens with zero attached hydrogens (tertiary/aromatic N) is 4. The van der Waals surface area contributed by atoms with Crippen molar-refractivity contribution in [2.75, 3.05) is 11.1 Å². The first-order valence-electron chi connectivity index (χ1n) is 6.28. The molecule has 3 rings (SSSR count). The zero-order chi connectivity index (χ0) is 16.6. The van der Waals surface area contributed by atoms with Gasteiger partial charge in [0.05, 0.1) is 17.4 Å². The van der Waals surface area contributed by atoms with Gasteiger partial charge in [-0.2, -0.15) is 18.3 Å². The van der Waals surface area contributed by atoms with Gasteiger partial charge in [0.25, 0.3) is 5.91 Å². The molecule has 0 aliphatic rings. The fraction of sp³-hybridized carbons (Fsp3) is 0.0769. The standard InChI is InChI=1S/C13H9F3N6O/c14-13(15,16)8-6-18-3-1-9(8)20-12(23)7-5-19-22-4-2-10(17)21-11(7)22/h1-6H,(H2,17,21)(H,18,20,23). The molecule has 0 aliphatic carbocycles. The van der Waals surface area contributed by atoms with Crippen LogP contribution in [-0.2, 0) is 6.18 Å². The summed E-state index contributed by atoms with van der Waals surface area (Å²) in [6, 6.07) is 2.54. The minimum atomic E-state index is -4.64. The van der Waals surface area contributed by atoms with Crippen molar-refractivity contribution < 1.29 is 18.0 Å². The van der Waals surface area contributed by atoms with E-state index < -0.39 is 23.3 Å². The highest BCUT2D eigenvalue weighted by molar-refractivity contribution is 6.08. The number of nitrogens with two attached hydrogens (primary N) is 1. The fourth-order valence-electron chi connectivity index (χ4n) is 1.96. The summed E-state index contributed by atoms with van der Waals surface area (Å²) in [7, 11) is 0. The first kappa shape index (κ1) is 14.8. The number of hydrogen-bond acceptors (Lipinski definition) is 5. The summed E-state index contributed by atoms with van der Waals surface area (Å²) in [5.74, 6) is -0.623. The van der Waals surface area contributed by atoms with Gasteiger partial charge < -0.3 is 11.1 Å². The van der Waals surface area contributed by atoms with Gasteiger partial charge in [-0.1, -0.05) is 0 Å². The van der Waals surface area contributed by atoms with E-state index in [1.54, 1.807) is 0 Å². The van der Waals surface area contributed by atoms with Crippen LogP contribution in [0.2, 0.25) is 0 Å². The van der Waals surface area contributed by atoms with E-state index in [4.69, 9.17) is 5.73 Å². The zero-order valence-corrected chi connectivity index (χ0v) is 11.4. The summed E-state index contributed by atoms with van der Waals surface area (Å²) in [6.07, 6.45) is -0.159. The van der Waals surface area contributed by atoms with Gasteiger partial charge in [0.15, 0.2) is 5.65 Å². The molecule has 0 saturated heterocycles. The van der Waals surface area contributed by atoms with Crippen LogP contribution in [0.1, 0.15) is 15.9 Å². The molecule has 0 aliphatic heterocycles. The number of aromatic nitrogens is 4. The topological polar surface area (TPSA) is 98.2 Å². The molecular formula is C13H9F3N6O. The number of halogens is 3. The van der Waals surface area contributed by atoms with Crippen molar-refractivity contribution in [2.24, 2.45) is 0 Å². The number of alkyl halides is 3. The van der Waals surface area contributed by atoms with Gasteiger partial charge in [-0.05, 0) is 12.1 Å². The van der Waals surface area contributed by atoms with Gasteiger partial charge in [0.1, 0.15) is 11.4 Å². The van der Waals surface area contributed by atoms with Gasteiger partial charge in [-0.3, -0.25) is 9.78 Å². The van der Waals surface area contributed by atoms with E-state index in [0.717, 1.165) is 12.3 Å². The highest BCUT2D eigenvalue weighted by Crippen LogP contribution is 2.34. The second-order valence-electron chi connectivity index (χ2n) is 4.55. The highest BCUT2D eigenvalue weighted by Gasteiger charge is 2.34. The molecule has 0 aromatic carbocycles. The maximum absolute atomic E-state index is 12.9. The van der Waals surface area contributed by atoms with Gasteiger partial charge in [-0.25, -0.2) is 9.50 Å². The van der Waals surface area contributed by atoms with E-state index in [0.29, 0.717) is 6.20 Å². The third-order valence-corrected chi connectivity index (χ3v) is 3.01. The van der Waals surface area contributed by atoms with E-state index >= 15 is 0 Å². The van der Waals surface area contributed by atoms with Crippen molar-refractivity contribution in [3.8, 4) is 0 Å². The summed E-state index contributed by atoms with van der Waals surface area (Å²) < 4.78 is 40.0. The molecule has 0 radical (unpaired) electrons. The number of nitrogen functional groups attached to an aromatic ring is 1. The molecule has 0 atom stereocenters. The molecule has 118 valence electrons. The number of carbonyl (C=O) groups is 1. The molecule has 3 heterocycles. The Bertz CT molecular complexity index is 889. The molecule has 23 heavy (non-hydrogen) atoms. The minimum absolute atomic E-state index is 0.00207. The molecule has 3 N–H and O–H groups in total. The van der Waals surface area contributed by atoms with E-state index in [1.165, 1.54) is 23.0 Å². The quantitative estimate of drug-likeness (QED) is 0.752. The van der Waals surface area contributed by atoms with Crippen LogP contribution in [-0.4, -0.2) is 25.5 Å². The molecule has 10 heteroatoms. The molecule has 0 unspecified atom stereocenters. The molecule has 7 nitrogen and oxygen atoms in total. The molecule has 1 amide bonds. The lowest BCUT2D eigenvalue weighted by Gasteiger charge is -2.12. The Morgan fingerprint density at radius 1 is 1.26 bits per heavy atom. The van der Waals surface area contributed by atoms with Crippen molar-refractivity contribution in [2.45, 2.75) is 6.18 Å². The van der Waals surface area contributed by atoms with E-state index in [2.05, 4.69) is 20.4 Å². The monoisotopic (exact) mass is 322 g/mol. The van der Waals surface area contributed by atoms with Gasteiger partial charge in [0.2, 0.25) is 0 Å². The van der Waals surface area contributed by atoms with Crippen LogP contribution in [0, 0.1) is 0 Å². The van der Waals surface area contributed by atoms with Gasteiger partial charge >= 0.3 is 6.18 Å². The zero-order valence-electron chi connectivity index (χ0n) is 11.4. The number of amides is 1. The van der Waals surface area contributed by atoms with E-state index in [9.17, 15) is 18.0 Å². The number of pyridine rings is 1. The number of nitrogens with one attached hydrogen (secondary N) is 1. The summed E-state index contributed by atoms with van der Waals surface area (Å²) in [5.41, 5.74) is 4.24. The van der Waals surface area contributed by atoms with Gasteiger partial charge in [0, 0.05) is 18.6 Å². The predicted molar refractivity (Wildman–Crippen MR) is 74.6 cm³/mol. The molecule has 0 saturated carbocycles. The molecule has 3 aromatic rings. The van der Waals surface area contributed by atoms with Crippen molar-refractivity contribution >= 4 is 23.1 Å². The Hall–Kier alpha value is -3.17. The number of anilines is 2. The third-order valence-electron chi connectivity index (χ3n) is 3.01. The molecular weight excluding hydrogens is 313 g/mol. The van der Waals surface area contributed by atoms with Crippen molar-refractivity contribution in [3.63, 3.8) is 0 Å². The largest absolute Gasteiger partial charge is 0.419 e. The number of carbonyl (C=O) groups excluding carboxylic acids is 1. The second kappa shape index (κ2) is 5.23. The average Bonchev–Trinajstić information content (AvgIpc) is 2.89. The smallest absolute Gasteiger partial charge is 0.384 e.